The van der Waals surface area contributed by atoms with E-state index in [1.807, 2.05) is 0 Å². The Morgan fingerprint density at radius 2 is 2.21 bits per heavy atom. The fourth-order valence-corrected chi connectivity index (χ4v) is 2.93. The topological polar surface area (TPSA) is 119 Å². The number of imidazole rings is 1. The van der Waals surface area contributed by atoms with E-state index in [0.717, 1.165) is 0 Å². The molecule has 0 atom stereocenters. The summed E-state index contributed by atoms with van der Waals surface area (Å²) in [4.78, 5) is 27.5. The van der Waals surface area contributed by atoms with E-state index < -0.39 is 12.6 Å². The number of aromatic nitrogens is 5. The van der Waals surface area contributed by atoms with Crippen molar-refractivity contribution < 1.29 is 18.4 Å². The second-order valence-corrected chi connectivity index (χ2v) is 6.36. The van der Waals surface area contributed by atoms with E-state index in [1.54, 1.807) is 24.3 Å². The summed E-state index contributed by atoms with van der Waals surface area (Å²) in [5, 5.41) is 6.58. The van der Waals surface area contributed by atoms with E-state index in [-0.39, 0.29) is 23.1 Å². The number of benzene rings is 1. The summed E-state index contributed by atoms with van der Waals surface area (Å²) in [7, 11) is 1.39. The first kappa shape index (κ1) is 18.8. The molecule has 4 aromatic rings. The normalized spacial score (nSPS) is 11.0. The molecule has 0 saturated heterocycles. The van der Waals surface area contributed by atoms with Crippen molar-refractivity contribution in [3.05, 3.63) is 52.6 Å². The zero-order valence-corrected chi connectivity index (χ0v) is 15.8. The zero-order chi connectivity index (χ0) is 20.4. The molecular weight excluding hydrogens is 403 g/mol. The lowest BCUT2D eigenvalue weighted by Gasteiger charge is -2.06. The highest BCUT2D eigenvalue weighted by Gasteiger charge is 2.18. The van der Waals surface area contributed by atoms with Gasteiger partial charge in [-0.25, -0.2) is 19.3 Å². The molecule has 0 fully saturated rings. The lowest BCUT2D eigenvalue weighted by atomic mass is 10.2. The van der Waals surface area contributed by atoms with Gasteiger partial charge in [-0.05, 0) is 17.7 Å². The number of methoxy groups -OCH3 is 1. The molecule has 1 amide bonds. The zero-order valence-electron chi connectivity index (χ0n) is 15.1. The number of nitrogens with zero attached hydrogens (tertiary/aromatic N) is 4. The maximum absolute atomic E-state index is 12.8. The fourth-order valence-electron chi connectivity index (χ4n) is 2.67. The van der Waals surface area contributed by atoms with Crippen LogP contribution in [0.1, 0.15) is 21.7 Å². The SMILES string of the molecule is COc1ncnc(C(=O)NCc2cc(-c3nc4ccc(CF)cc4[nH]3)on2)c1Cl. The van der Waals surface area contributed by atoms with Crippen molar-refractivity contribution >= 4 is 28.5 Å². The van der Waals surface area contributed by atoms with Gasteiger partial charge in [-0.3, -0.25) is 4.79 Å². The minimum atomic E-state index is -0.557. The van der Waals surface area contributed by atoms with E-state index in [0.29, 0.717) is 33.9 Å². The van der Waals surface area contributed by atoms with Crippen molar-refractivity contribution in [3.8, 4) is 17.5 Å². The molecule has 0 aliphatic heterocycles. The van der Waals surface area contributed by atoms with Gasteiger partial charge in [0.2, 0.25) is 11.6 Å². The maximum atomic E-state index is 12.8. The molecule has 0 radical (unpaired) electrons. The molecule has 3 aromatic heterocycles. The van der Waals surface area contributed by atoms with Gasteiger partial charge in [0.1, 0.15) is 23.7 Å². The van der Waals surface area contributed by atoms with Crippen LogP contribution in [-0.2, 0) is 13.2 Å². The van der Waals surface area contributed by atoms with Crippen LogP contribution in [0.3, 0.4) is 0 Å². The largest absolute Gasteiger partial charge is 0.480 e. The number of aromatic amines is 1. The van der Waals surface area contributed by atoms with E-state index in [2.05, 4.69) is 30.4 Å². The highest BCUT2D eigenvalue weighted by Crippen LogP contribution is 2.24. The van der Waals surface area contributed by atoms with Crippen molar-refractivity contribution in [3.63, 3.8) is 0 Å². The van der Waals surface area contributed by atoms with Gasteiger partial charge >= 0.3 is 0 Å². The molecule has 0 spiro atoms. The molecule has 4 rings (SSSR count). The average molecular weight is 417 g/mol. The summed E-state index contributed by atoms with van der Waals surface area (Å²) in [5.74, 6) is 0.428. The van der Waals surface area contributed by atoms with Crippen LogP contribution in [-0.4, -0.2) is 38.1 Å². The summed E-state index contributed by atoms with van der Waals surface area (Å²) >= 11 is 6.05. The Kier molecular flexibility index (Phi) is 5.09. The molecule has 3 heterocycles. The van der Waals surface area contributed by atoms with Gasteiger partial charge in [0.05, 0.1) is 24.7 Å². The van der Waals surface area contributed by atoms with Gasteiger partial charge < -0.3 is 19.6 Å². The summed E-state index contributed by atoms with van der Waals surface area (Å²) < 4.78 is 23.1. The first-order valence-electron chi connectivity index (χ1n) is 8.42. The summed E-state index contributed by atoms with van der Waals surface area (Å²) in [6.45, 7) is -0.476. The smallest absolute Gasteiger partial charge is 0.272 e. The van der Waals surface area contributed by atoms with Gasteiger partial charge in [0, 0.05) is 6.07 Å². The number of H-pyrrole nitrogens is 1. The summed E-state index contributed by atoms with van der Waals surface area (Å²) in [6, 6.07) is 6.71. The number of alkyl halides is 1. The fraction of sp³-hybridized carbons (Fsp3) is 0.167. The Morgan fingerprint density at radius 1 is 1.34 bits per heavy atom. The van der Waals surface area contributed by atoms with Crippen molar-refractivity contribution in [2.75, 3.05) is 7.11 Å². The monoisotopic (exact) mass is 416 g/mol. The Labute approximate surface area is 168 Å². The number of fused-ring (bicyclic) bond motifs is 1. The van der Waals surface area contributed by atoms with Crippen LogP contribution in [0.4, 0.5) is 4.39 Å². The van der Waals surface area contributed by atoms with Crippen LogP contribution in [0.15, 0.2) is 35.1 Å². The average Bonchev–Trinajstić information content (AvgIpc) is 3.38. The number of carbonyl (C=O) groups is 1. The predicted molar refractivity (Wildman–Crippen MR) is 101 cm³/mol. The number of hydrogen-bond donors (Lipinski definition) is 2. The number of hydrogen-bond acceptors (Lipinski definition) is 7. The molecule has 0 bridgehead atoms. The molecule has 148 valence electrons. The molecule has 11 heteroatoms. The lowest BCUT2D eigenvalue weighted by Crippen LogP contribution is -2.24. The lowest BCUT2D eigenvalue weighted by molar-refractivity contribution is 0.0944. The van der Waals surface area contributed by atoms with Crippen molar-refractivity contribution in [2.24, 2.45) is 0 Å². The molecule has 9 nitrogen and oxygen atoms in total. The molecule has 0 unspecified atom stereocenters. The Hall–Kier alpha value is -3.53. The third-order valence-corrected chi connectivity index (χ3v) is 4.43. The number of nitrogens with one attached hydrogen (secondary N) is 2. The van der Waals surface area contributed by atoms with Gasteiger partial charge in [0.25, 0.3) is 5.91 Å². The number of amides is 1. The number of carbonyl (C=O) groups excluding carboxylic acids is 1. The Morgan fingerprint density at radius 3 is 3.00 bits per heavy atom. The van der Waals surface area contributed by atoms with Crippen LogP contribution in [0.2, 0.25) is 5.02 Å². The van der Waals surface area contributed by atoms with E-state index in [1.165, 1.54) is 13.4 Å². The molecule has 2 N–H and O–H groups in total. The van der Waals surface area contributed by atoms with Gasteiger partial charge in [-0.2, -0.15) is 0 Å². The number of halogens is 2. The number of rotatable bonds is 6. The molecule has 0 aliphatic rings. The first-order valence-corrected chi connectivity index (χ1v) is 8.80. The van der Waals surface area contributed by atoms with Gasteiger partial charge in [-0.15, -0.1) is 0 Å². The number of ether oxygens (including phenoxy) is 1. The quantitative estimate of drug-likeness (QED) is 0.495. The van der Waals surface area contributed by atoms with E-state index >= 15 is 0 Å². The second kappa shape index (κ2) is 7.84. The maximum Gasteiger partial charge on any atom is 0.272 e. The third-order valence-electron chi connectivity index (χ3n) is 4.09. The highest BCUT2D eigenvalue weighted by molar-refractivity contribution is 6.34. The van der Waals surface area contributed by atoms with Crippen LogP contribution in [0.5, 0.6) is 5.88 Å². The Bertz CT molecular complexity index is 1190. The minimum absolute atomic E-state index is 0.0109. The van der Waals surface area contributed by atoms with Crippen LogP contribution in [0, 0.1) is 0 Å². The van der Waals surface area contributed by atoms with Crippen LogP contribution in [0.25, 0.3) is 22.6 Å². The van der Waals surface area contributed by atoms with Gasteiger partial charge in [0.15, 0.2) is 11.5 Å². The second-order valence-electron chi connectivity index (χ2n) is 5.98. The summed E-state index contributed by atoms with van der Waals surface area (Å²) in [5.41, 5.74) is 2.37. The highest BCUT2D eigenvalue weighted by atomic mass is 35.5. The summed E-state index contributed by atoms with van der Waals surface area (Å²) in [6.07, 6.45) is 1.18. The third kappa shape index (κ3) is 3.74. The van der Waals surface area contributed by atoms with E-state index in [9.17, 15) is 9.18 Å². The molecule has 0 saturated carbocycles. The molecule has 29 heavy (non-hydrogen) atoms. The van der Waals surface area contributed by atoms with Crippen molar-refractivity contribution in [1.29, 1.82) is 0 Å². The molecule has 0 aliphatic carbocycles. The van der Waals surface area contributed by atoms with Crippen LogP contribution < -0.4 is 10.1 Å². The first-order chi connectivity index (χ1) is 14.1. The van der Waals surface area contributed by atoms with Crippen molar-refractivity contribution in [1.82, 2.24) is 30.4 Å². The van der Waals surface area contributed by atoms with Gasteiger partial charge in [-0.1, -0.05) is 22.8 Å². The minimum Gasteiger partial charge on any atom is -0.480 e. The van der Waals surface area contributed by atoms with E-state index in [4.69, 9.17) is 20.9 Å². The molecule has 1 aromatic carbocycles. The Balaban J connectivity index is 1.48. The van der Waals surface area contributed by atoms with Crippen molar-refractivity contribution in [2.45, 2.75) is 13.2 Å². The molecular formula is C18H14ClFN6O3. The standard InChI is InChI=1S/C18H14ClFN6O3/c1-28-18-14(19)15(22-8-23-18)17(27)21-7-10-5-13(29-26-10)16-24-11-3-2-9(6-20)4-12(11)25-16/h2-5,8H,6-7H2,1H3,(H,21,27)(H,24,25). The predicted octanol–water partition coefficient (Wildman–Crippen LogP) is 3.07. The van der Waals surface area contributed by atoms with Crippen LogP contribution >= 0.6 is 11.6 Å².